The Kier molecular flexibility index (Phi) is 3.49. The van der Waals surface area contributed by atoms with Gasteiger partial charge in [-0.05, 0) is 12.3 Å². The third-order valence-corrected chi connectivity index (χ3v) is 0.852. The molecule has 0 amide bonds. The summed E-state index contributed by atoms with van der Waals surface area (Å²) < 4.78 is 12.2. The molecule has 0 aliphatic carbocycles. The molecule has 0 unspecified atom stereocenters. The second-order valence-corrected chi connectivity index (χ2v) is 2.21. The Hall–Kier alpha value is -0.330. The van der Waals surface area contributed by atoms with Crippen LogP contribution < -0.4 is 0 Å². The molecule has 0 nitrogen and oxygen atoms in total. The third-order valence-electron chi connectivity index (χ3n) is 0.852. The van der Waals surface area contributed by atoms with Gasteiger partial charge in [-0.3, -0.25) is 0 Å². The predicted octanol–water partition coefficient (Wildman–Crippen LogP) is 2.91. The fraction of sp³-hybridized carbons (Fsp3) is 0.714. The Morgan fingerprint density at radius 1 is 1.62 bits per heavy atom. The smallest absolute Gasteiger partial charge is 0.0959 e. The molecule has 0 radical (unpaired) electrons. The molecule has 0 atom stereocenters. The van der Waals surface area contributed by atoms with Crippen LogP contribution in [0.15, 0.2) is 11.9 Å². The summed E-state index contributed by atoms with van der Waals surface area (Å²) >= 11 is 0. The van der Waals surface area contributed by atoms with Crippen molar-refractivity contribution in [2.24, 2.45) is 5.92 Å². The fourth-order valence-corrected chi connectivity index (χ4v) is 0.480. The minimum Gasteiger partial charge on any atom is -0.212 e. The maximum Gasteiger partial charge on any atom is 0.0959 e. The summed E-state index contributed by atoms with van der Waals surface area (Å²) in [6.07, 6.45) is 2.16. The largest absolute Gasteiger partial charge is 0.212 e. The lowest BCUT2D eigenvalue weighted by atomic mass is 10.2. The lowest BCUT2D eigenvalue weighted by molar-refractivity contribution is 0.586. The SMILES string of the molecule is CC/C(F)=C\C(C)C. The summed E-state index contributed by atoms with van der Waals surface area (Å²) in [6.45, 7) is 5.75. The number of hydrogen-bond donors (Lipinski definition) is 0. The third kappa shape index (κ3) is 3.85. The molecular weight excluding hydrogens is 103 g/mol. The molecule has 1 heteroatoms. The van der Waals surface area contributed by atoms with E-state index in [1.54, 1.807) is 6.08 Å². The topological polar surface area (TPSA) is 0 Å². The normalized spacial score (nSPS) is 12.9. The molecule has 0 saturated carbocycles. The Morgan fingerprint density at radius 3 is 2.25 bits per heavy atom. The second kappa shape index (κ2) is 3.65. The molecule has 0 aromatic heterocycles. The van der Waals surface area contributed by atoms with Crippen molar-refractivity contribution in [1.82, 2.24) is 0 Å². The van der Waals surface area contributed by atoms with Crippen LogP contribution in [0, 0.1) is 5.92 Å². The first-order valence-electron chi connectivity index (χ1n) is 3.03. The molecule has 0 aliphatic heterocycles. The van der Waals surface area contributed by atoms with E-state index in [0.717, 1.165) is 0 Å². The van der Waals surface area contributed by atoms with Gasteiger partial charge < -0.3 is 0 Å². The summed E-state index contributed by atoms with van der Waals surface area (Å²) in [5, 5.41) is 0. The quantitative estimate of drug-likeness (QED) is 0.520. The van der Waals surface area contributed by atoms with Gasteiger partial charge in [-0.1, -0.05) is 26.8 Å². The zero-order valence-corrected chi connectivity index (χ0v) is 5.74. The monoisotopic (exact) mass is 116 g/mol. The van der Waals surface area contributed by atoms with E-state index in [1.807, 2.05) is 20.8 Å². The van der Waals surface area contributed by atoms with Gasteiger partial charge in [0, 0.05) is 0 Å². The van der Waals surface area contributed by atoms with Crippen LogP contribution in [0.2, 0.25) is 0 Å². The number of allylic oxidation sites excluding steroid dienone is 2. The zero-order chi connectivity index (χ0) is 6.57. The van der Waals surface area contributed by atoms with E-state index in [4.69, 9.17) is 0 Å². The Morgan fingerprint density at radius 2 is 2.12 bits per heavy atom. The van der Waals surface area contributed by atoms with Crippen LogP contribution >= 0.6 is 0 Å². The molecule has 0 aromatic rings. The maximum absolute atomic E-state index is 12.2. The van der Waals surface area contributed by atoms with E-state index >= 15 is 0 Å². The highest BCUT2D eigenvalue weighted by molar-refractivity contribution is 4.91. The van der Waals surface area contributed by atoms with Crippen molar-refractivity contribution in [2.75, 3.05) is 0 Å². The van der Waals surface area contributed by atoms with Crippen LogP contribution in [0.4, 0.5) is 4.39 Å². The lowest BCUT2D eigenvalue weighted by Crippen LogP contribution is -1.79. The van der Waals surface area contributed by atoms with Crippen molar-refractivity contribution in [1.29, 1.82) is 0 Å². The van der Waals surface area contributed by atoms with Crippen molar-refractivity contribution >= 4 is 0 Å². The maximum atomic E-state index is 12.2. The zero-order valence-electron chi connectivity index (χ0n) is 5.74. The van der Waals surface area contributed by atoms with Crippen molar-refractivity contribution < 1.29 is 4.39 Å². The first-order valence-corrected chi connectivity index (χ1v) is 3.03. The Bertz CT molecular complexity index is 82.4. The van der Waals surface area contributed by atoms with Crippen LogP contribution in [0.5, 0.6) is 0 Å². The number of rotatable bonds is 2. The summed E-state index contributed by atoms with van der Waals surface area (Å²) in [5.74, 6) is 0.343. The molecule has 0 spiro atoms. The van der Waals surface area contributed by atoms with Gasteiger partial charge >= 0.3 is 0 Å². The highest BCUT2D eigenvalue weighted by atomic mass is 19.1. The van der Waals surface area contributed by atoms with Gasteiger partial charge in [0.1, 0.15) is 0 Å². The van der Waals surface area contributed by atoms with Crippen LogP contribution in [0.3, 0.4) is 0 Å². The van der Waals surface area contributed by atoms with E-state index in [0.29, 0.717) is 12.3 Å². The molecule has 0 N–H and O–H groups in total. The molecule has 0 aliphatic rings. The van der Waals surface area contributed by atoms with Gasteiger partial charge in [-0.25, -0.2) is 4.39 Å². The molecule has 0 bridgehead atoms. The first kappa shape index (κ1) is 7.67. The molecule has 0 heterocycles. The average Bonchev–Trinajstić information content (AvgIpc) is 1.65. The van der Waals surface area contributed by atoms with Crippen molar-refractivity contribution in [3.05, 3.63) is 11.9 Å². The molecule has 0 rings (SSSR count). The van der Waals surface area contributed by atoms with Gasteiger partial charge in [-0.15, -0.1) is 0 Å². The number of hydrogen-bond acceptors (Lipinski definition) is 0. The molecule has 48 valence electrons. The van der Waals surface area contributed by atoms with Gasteiger partial charge in [-0.2, -0.15) is 0 Å². The van der Waals surface area contributed by atoms with Crippen molar-refractivity contribution in [3.63, 3.8) is 0 Å². The average molecular weight is 116 g/mol. The highest BCUT2D eigenvalue weighted by Gasteiger charge is 1.90. The lowest BCUT2D eigenvalue weighted by Gasteiger charge is -1.93. The summed E-state index contributed by atoms with van der Waals surface area (Å²) in [5.41, 5.74) is 0. The molecular formula is C7H13F. The predicted molar refractivity (Wildman–Crippen MR) is 34.3 cm³/mol. The van der Waals surface area contributed by atoms with Crippen molar-refractivity contribution in [3.8, 4) is 0 Å². The number of halogens is 1. The van der Waals surface area contributed by atoms with Crippen LogP contribution in [0.1, 0.15) is 27.2 Å². The standard InChI is InChI=1S/C7H13F/c1-4-7(8)5-6(2)3/h5-6H,4H2,1-3H3/b7-5+. The van der Waals surface area contributed by atoms with E-state index in [2.05, 4.69) is 0 Å². The van der Waals surface area contributed by atoms with Crippen LogP contribution in [-0.2, 0) is 0 Å². The van der Waals surface area contributed by atoms with E-state index in [1.165, 1.54) is 0 Å². The van der Waals surface area contributed by atoms with Gasteiger partial charge in [0.15, 0.2) is 0 Å². The second-order valence-electron chi connectivity index (χ2n) is 2.21. The summed E-state index contributed by atoms with van der Waals surface area (Å²) in [4.78, 5) is 0. The Labute approximate surface area is 50.4 Å². The van der Waals surface area contributed by atoms with Crippen LogP contribution in [0.25, 0.3) is 0 Å². The molecule has 0 aromatic carbocycles. The van der Waals surface area contributed by atoms with Gasteiger partial charge in [0.2, 0.25) is 0 Å². The van der Waals surface area contributed by atoms with Crippen LogP contribution in [-0.4, -0.2) is 0 Å². The van der Waals surface area contributed by atoms with Gasteiger partial charge in [0.05, 0.1) is 5.83 Å². The van der Waals surface area contributed by atoms with E-state index in [-0.39, 0.29) is 5.83 Å². The van der Waals surface area contributed by atoms with E-state index in [9.17, 15) is 4.39 Å². The molecule has 8 heavy (non-hydrogen) atoms. The molecule has 0 fully saturated rings. The molecule has 0 saturated heterocycles. The van der Waals surface area contributed by atoms with Gasteiger partial charge in [0.25, 0.3) is 0 Å². The highest BCUT2D eigenvalue weighted by Crippen LogP contribution is 2.05. The minimum atomic E-state index is 0.000000000000000444. The minimum absolute atomic E-state index is 0.000000000000000444. The summed E-state index contributed by atoms with van der Waals surface area (Å²) in [7, 11) is 0. The fourth-order valence-electron chi connectivity index (χ4n) is 0.480. The first-order chi connectivity index (χ1) is 3.66. The summed E-state index contributed by atoms with van der Waals surface area (Å²) in [6, 6.07) is 0. The van der Waals surface area contributed by atoms with E-state index < -0.39 is 0 Å². The Balaban J connectivity index is 3.56. The van der Waals surface area contributed by atoms with Crippen molar-refractivity contribution in [2.45, 2.75) is 27.2 Å².